The number of aryl methyl sites for hydroxylation is 1. The minimum Gasteiger partial charge on any atom is -0.341 e. The molecule has 2 heterocycles. The fourth-order valence-electron chi connectivity index (χ4n) is 2.49. The van der Waals surface area contributed by atoms with Gasteiger partial charge in [-0.15, -0.1) is 0 Å². The maximum Gasteiger partial charge on any atom is 0.124 e. The lowest BCUT2D eigenvalue weighted by atomic mass is 10.0. The number of H-pyrrole nitrogens is 1. The first kappa shape index (κ1) is 9.85. The lowest BCUT2D eigenvalue weighted by Crippen LogP contribution is -2.17. The van der Waals surface area contributed by atoms with Crippen molar-refractivity contribution in [1.82, 2.24) is 15.3 Å². The average Bonchev–Trinajstić information content (AvgIpc) is 2.82. The summed E-state index contributed by atoms with van der Waals surface area (Å²) in [5, 5.41) is 3.50. The summed E-state index contributed by atoms with van der Waals surface area (Å²) >= 11 is 0. The lowest BCUT2D eigenvalue weighted by Gasteiger charge is -2.11. The summed E-state index contributed by atoms with van der Waals surface area (Å²) in [5.41, 5.74) is 3.49. The highest BCUT2D eigenvalue weighted by atomic mass is 15.0. The Balaban J connectivity index is 2.04. The van der Waals surface area contributed by atoms with E-state index >= 15 is 0 Å². The summed E-state index contributed by atoms with van der Waals surface area (Å²) < 4.78 is 0. The van der Waals surface area contributed by atoms with E-state index in [0.29, 0.717) is 12.0 Å². The molecule has 1 aromatic heterocycles. The van der Waals surface area contributed by atoms with Crippen molar-refractivity contribution in [3.63, 3.8) is 0 Å². The summed E-state index contributed by atoms with van der Waals surface area (Å²) in [6.45, 7) is 5.49. The molecule has 3 heteroatoms. The zero-order chi connectivity index (χ0) is 11.1. The summed E-state index contributed by atoms with van der Waals surface area (Å²) in [7, 11) is 0. The first-order valence-electron chi connectivity index (χ1n) is 5.94. The number of nitrogens with zero attached hydrogens (tertiary/aromatic N) is 1. The summed E-state index contributed by atoms with van der Waals surface area (Å²) in [5.74, 6) is 1.76. The van der Waals surface area contributed by atoms with Crippen LogP contribution in [0.25, 0.3) is 11.0 Å². The third kappa shape index (κ3) is 1.52. The van der Waals surface area contributed by atoms with Crippen LogP contribution in [0.15, 0.2) is 18.2 Å². The van der Waals surface area contributed by atoms with Crippen molar-refractivity contribution in [1.29, 1.82) is 0 Å². The van der Waals surface area contributed by atoms with Gasteiger partial charge in [0.2, 0.25) is 0 Å². The van der Waals surface area contributed by atoms with Crippen LogP contribution in [0.2, 0.25) is 0 Å². The van der Waals surface area contributed by atoms with E-state index in [4.69, 9.17) is 0 Å². The van der Waals surface area contributed by atoms with Crippen molar-refractivity contribution in [2.24, 2.45) is 5.92 Å². The molecule has 84 valence electrons. The fourth-order valence-corrected chi connectivity index (χ4v) is 2.49. The maximum atomic E-state index is 4.67. The number of aromatic amines is 1. The van der Waals surface area contributed by atoms with Crippen LogP contribution in [0.1, 0.15) is 30.8 Å². The number of aromatic nitrogens is 2. The minimum atomic E-state index is 0.396. The molecular formula is C13H17N3. The highest BCUT2D eigenvalue weighted by Gasteiger charge is 2.26. The molecule has 0 bridgehead atoms. The van der Waals surface area contributed by atoms with E-state index in [1.165, 1.54) is 12.0 Å². The largest absolute Gasteiger partial charge is 0.341 e. The van der Waals surface area contributed by atoms with Crippen LogP contribution in [0.4, 0.5) is 0 Å². The van der Waals surface area contributed by atoms with E-state index in [1.54, 1.807) is 0 Å². The van der Waals surface area contributed by atoms with Gasteiger partial charge in [-0.05, 0) is 43.5 Å². The van der Waals surface area contributed by atoms with E-state index in [-0.39, 0.29) is 0 Å². The lowest BCUT2D eigenvalue weighted by molar-refractivity contribution is 0.484. The molecule has 0 spiro atoms. The zero-order valence-corrected chi connectivity index (χ0v) is 9.75. The molecule has 3 rings (SSSR count). The van der Waals surface area contributed by atoms with E-state index in [0.717, 1.165) is 23.4 Å². The summed E-state index contributed by atoms with van der Waals surface area (Å²) in [6, 6.07) is 6.75. The molecule has 2 atom stereocenters. The second kappa shape index (κ2) is 3.59. The van der Waals surface area contributed by atoms with Crippen molar-refractivity contribution in [3.05, 3.63) is 29.6 Å². The van der Waals surface area contributed by atoms with E-state index in [2.05, 4.69) is 47.3 Å². The van der Waals surface area contributed by atoms with Gasteiger partial charge in [-0.2, -0.15) is 0 Å². The summed E-state index contributed by atoms with van der Waals surface area (Å²) in [6.07, 6.45) is 1.24. The normalized spacial score (nSPS) is 25.4. The van der Waals surface area contributed by atoms with Crippen molar-refractivity contribution in [3.8, 4) is 0 Å². The molecule has 1 saturated heterocycles. The first-order chi connectivity index (χ1) is 7.74. The van der Waals surface area contributed by atoms with Crippen LogP contribution in [-0.4, -0.2) is 16.5 Å². The molecular weight excluding hydrogens is 198 g/mol. The molecule has 2 unspecified atom stereocenters. The molecule has 0 saturated carbocycles. The predicted octanol–water partition coefficient (Wildman–Crippen LogP) is 2.54. The Bertz CT molecular complexity index is 515. The van der Waals surface area contributed by atoms with Gasteiger partial charge in [-0.1, -0.05) is 13.0 Å². The van der Waals surface area contributed by atoms with Gasteiger partial charge in [0.25, 0.3) is 0 Å². The Morgan fingerprint density at radius 1 is 1.38 bits per heavy atom. The van der Waals surface area contributed by atoms with Gasteiger partial charge in [0.05, 0.1) is 17.1 Å². The molecule has 1 aliphatic heterocycles. The molecule has 2 N–H and O–H groups in total. The number of hydrogen-bond donors (Lipinski definition) is 2. The van der Waals surface area contributed by atoms with E-state index < -0.39 is 0 Å². The first-order valence-corrected chi connectivity index (χ1v) is 5.94. The minimum absolute atomic E-state index is 0.396. The van der Waals surface area contributed by atoms with Gasteiger partial charge >= 0.3 is 0 Å². The molecule has 1 aromatic carbocycles. The van der Waals surface area contributed by atoms with Crippen LogP contribution in [-0.2, 0) is 0 Å². The molecule has 2 aromatic rings. The Morgan fingerprint density at radius 3 is 3.00 bits per heavy atom. The second-order valence-corrected chi connectivity index (χ2v) is 4.84. The molecule has 0 aliphatic carbocycles. The molecule has 1 fully saturated rings. The smallest absolute Gasteiger partial charge is 0.124 e. The number of hydrogen-bond acceptors (Lipinski definition) is 2. The van der Waals surface area contributed by atoms with E-state index in [9.17, 15) is 0 Å². The highest BCUT2D eigenvalue weighted by molar-refractivity contribution is 5.75. The van der Waals surface area contributed by atoms with Crippen LogP contribution >= 0.6 is 0 Å². The molecule has 16 heavy (non-hydrogen) atoms. The SMILES string of the molecule is Cc1ccc2nc(C3NCCC3C)[nH]c2c1. The van der Waals surface area contributed by atoms with Gasteiger partial charge in [-0.25, -0.2) is 4.98 Å². The number of benzene rings is 1. The maximum absolute atomic E-state index is 4.67. The predicted molar refractivity (Wildman–Crippen MR) is 65.4 cm³/mol. The molecule has 3 nitrogen and oxygen atoms in total. The van der Waals surface area contributed by atoms with Crippen LogP contribution in [0.3, 0.4) is 0 Å². The van der Waals surface area contributed by atoms with E-state index in [1.807, 2.05) is 0 Å². The number of imidazole rings is 1. The van der Waals surface area contributed by atoms with Gasteiger partial charge in [0.1, 0.15) is 5.82 Å². The van der Waals surface area contributed by atoms with Crippen molar-refractivity contribution in [2.75, 3.05) is 6.54 Å². The van der Waals surface area contributed by atoms with Crippen molar-refractivity contribution in [2.45, 2.75) is 26.3 Å². The molecule has 0 radical (unpaired) electrons. The van der Waals surface area contributed by atoms with Crippen molar-refractivity contribution >= 4 is 11.0 Å². The van der Waals surface area contributed by atoms with Gasteiger partial charge in [-0.3, -0.25) is 0 Å². The van der Waals surface area contributed by atoms with Gasteiger partial charge in [0, 0.05) is 0 Å². The topological polar surface area (TPSA) is 40.7 Å². The Morgan fingerprint density at radius 2 is 2.25 bits per heavy atom. The van der Waals surface area contributed by atoms with Gasteiger partial charge < -0.3 is 10.3 Å². The van der Waals surface area contributed by atoms with Crippen LogP contribution < -0.4 is 5.32 Å². The monoisotopic (exact) mass is 215 g/mol. The zero-order valence-electron chi connectivity index (χ0n) is 9.75. The number of fused-ring (bicyclic) bond motifs is 1. The quantitative estimate of drug-likeness (QED) is 0.767. The molecule has 1 aliphatic rings. The standard InChI is InChI=1S/C13H17N3/c1-8-3-4-10-11(7-8)16-13(15-10)12-9(2)5-6-14-12/h3-4,7,9,12,14H,5-6H2,1-2H3,(H,15,16). The second-order valence-electron chi connectivity index (χ2n) is 4.84. The highest BCUT2D eigenvalue weighted by Crippen LogP contribution is 2.28. The molecule has 0 amide bonds. The number of rotatable bonds is 1. The Labute approximate surface area is 95.3 Å². The van der Waals surface area contributed by atoms with Crippen LogP contribution in [0.5, 0.6) is 0 Å². The van der Waals surface area contributed by atoms with Crippen LogP contribution in [0, 0.1) is 12.8 Å². The van der Waals surface area contributed by atoms with Gasteiger partial charge in [0.15, 0.2) is 0 Å². The third-order valence-electron chi connectivity index (χ3n) is 3.48. The van der Waals surface area contributed by atoms with Crippen molar-refractivity contribution < 1.29 is 0 Å². The fraction of sp³-hybridized carbons (Fsp3) is 0.462. The average molecular weight is 215 g/mol. The third-order valence-corrected chi connectivity index (χ3v) is 3.48. The Kier molecular flexibility index (Phi) is 2.21. The summed E-state index contributed by atoms with van der Waals surface area (Å²) in [4.78, 5) is 8.10. The Hall–Kier alpha value is -1.35. The number of nitrogens with one attached hydrogen (secondary N) is 2.